The molecule has 1 saturated heterocycles. The molecule has 1 aliphatic carbocycles. The topological polar surface area (TPSA) is 101 Å². The fraction of sp³-hybridized carbons (Fsp3) is 0.500. The number of anilines is 1. The van der Waals surface area contributed by atoms with Crippen LogP contribution in [0.4, 0.5) is 5.95 Å². The molecule has 4 rings (SSSR count). The van der Waals surface area contributed by atoms with Gasteiger partial charge < -0.3 is 10.2 Å². The Hall–Kier alpha value is -2.42. The van der Waals surface area contributed by atoms with Crippen LogP contribution in [0, 0.1) is 0 Å². The van der Waals surface area contributed by atoms with Crippen LogP contribution < -0.4 is 5.32 Å². The number of nitrogens with one attached hydrogen (secondary N) is 1. The lowest BCUT2D eigenvalue weighted by Gasteiger charge is -2.31. The van der Waals surface area contributed by atoms with Crippen molar-refractivity contribution in [1.29, 1.82) is 0 Å². The standard InChI is InChI=1S/C18H22N6O2S/c1-27(26)15-3-2-6-24(11-15)16(25)13-7-21-17(22-8-13)23-18(4-5-18)14-9-19-12-20-10-14/h7-10,12,15H,2-6,11H2,1H3,(H,21,22,23). The van der Waals surface area contributed by atoms with Crippen molar-refractivity contribution >= 4 is 22.7 Å². The van der Waals surface area contributed by atoms with Gasteiger partial charge in [0.15, 0.2) is 0 Å². The fourth-order valence-corrected chi connectivity index (χ4v) is 4.34. The third kappa shape index (κ3) is 3.83. The smallest absolute Gasteiger partial charge is 0.257 e. The Morgan fingerprint density at radius 1 is 1.22 bits per heavy atom. The maximum Gasteiger partial charge on any atom is 0.257 e. The van der Waals surface area contributed by atoms with E-state index < -0.39 is 10.8 Å². The molecule has 0 aromatic carbocycles. The summed E-state index contributed by atoms with van der Waals surface area (Å²) in [5.41, 5.74) is 1.26. The number of carbonyl (C=O) groups excluding carboxylic acids is 1. The highest BCUT2D eigenvalue weighted by Gasteiger charge is 2.45. The summed E-state index contributed by atoms with van der Waals surface area (Å²) in [4.78, 5) is 31.3. The quantitative estimate of drug-likeness (QED) is 0.828. The van der Waals surface area contributed by atoms with Crippen LogP contribution in [-0.4, -0.2) is 59.5 Å². The molecular formula is C18H22N6O2S. The molecule has 0 spiro atoms. The lowest BCUT2D eigenvalue weighted by Crippen LogP contribution is -2.43. The van der Waals surface area contributed by atoms with E-state index in [1.54, 1.807) is 35.9 Å². The average molecular weight is 386 g/mol. The van der Waals surface area contributed by atoms with Gasteiger partial charge in [-0.2, -0.15) is 0 Å². The summed E-state index contributed by atoms with van der Waals surface area (Å²) in [5, 5.41) is 3.39. The minimum Gasteiger partial charge on any atom is -0.345 e. The summed E-state index contributed by atoms with van der Waals surface area (Å²) in [6.45, 7) is 1.21. The Labute approximate surface area is 160 Å². The van der Waals surface area contributed by atoms with Gasteiger partial charge in [-0.3, -0.25) is 9.00 Å². The SMILES string of the molecule is CS(=O)C1CCCN(C(=O)c2cnc(NC3(c4cncnc4)CC3)nc2)C1. The van der Waals surface area contributed by atoms with Crippen molar-refractivity contribution < 1.29 is 9.00 Å². The molecule has 0 bridgehead atoms. The van der Waals surface area contributed by atoms with E-state index >= 15 is 0 Å². The van der Waals surface area contributed by atoms with Crippen LogP contribution in [0.1, 0.15) is 41.6 Å². The lowest BCUT2D eigenvalue weighted by atomic mass is 10.1. The van der Waals surface area contributed by atoms with Crippen LogP contribution >= 0.6 is 0 Å². The van der Waals surface area contributed by atoms with Gasteiger partial charge in [0, 0.05) is 60.5 Å². The first-order valence-corrected chi connectivity index (χ1v) is 10.7. The molecule has 1 aliphatic heterocycles. The molecule has 1 N–H and O–H groups in total. The summed E-state index contributed by atoms with van der Waals surface area (Å²) in [7, 11) is -0.917. The molecule has 2 aromatic heterocycles. The third-order valence-corrected chi connectivity index (χ3v) is 6.57. The van der Waals surface area contributed by atoms with Crippen LogP contribution in [0.25, 0.3) is 0 Å². The summed E-state index contributed by atoms with van der Waals surface area (Å²) >= 11 is 0. The molecule has 142 valence electrons. The number of hydrogen-bond donors (Lipinski definition) is 1. The highest BCUT2D eigenvalue weighted by molar-refractivity contribution is 7.84. The normalized spacial score (nSPS) is 22.1. The summed E-state index contributed by atoms with van der Waals surface area (Å²) in [6, 6.07) is 0. The predicted octanol–water partition coefficient (Wildman–Crippen LogP) is 1.35. The van der Waals surface area contributed by atoms with Gasteiger partial charge in [-0.25, -0.2) is 19.9 Å². The monoisotopic (exact) mass is 386 g/mol. The van der Waals surface area contributed by atoms with Gasteiger partial charge in [0.1, 0.15) is 6.33 Å². The van der Waals surface area contributed by atoms with Gasteiger partial charge in [0.25, 0.3) is 5.91 Å². The molecule has 2 aromatic rings. The minimum atomic E-state index is -0.917. The third-order valence-electron chi connectivity index (χ3n) is 5.25. The van der Waals surface area contributed by atoms with Crippen molar-refractivity contribution in [3.05, 3.63) is 42.2 Å². The molecular weight excluding hydrogens is 364 g/mol. The second-order valence-electron chi connectivity index (χ2n) is 7.14. The zero-order valence-corrected chi connectivity index (χ0v) is 16.0. The van der Waals surface area contributed by atoms with Gasteiger partial charge >= 0.3 is 0 Å². The van der Waals surface area contributed by atoms with E-state index in [-0.39, 0.29) is 16.7 Å². The van der Waals surface area contributed by atoms with Crippen molar-refractivity contribution in [2.24, 2.45) is 0 Å². The Kier molecular flexibility index (Phi) is 4.86. The number of rotatable bonds is 5. The molecule has 2 fully saturated rings. The predicted molar refractivity (Wildman–Crippen MR) is 102 cm³/mol. The van der Waals surface area contributed by atoms with Crippen LogP contribution in [-0.2, 0) is 16.3 Å². The van der Waals surface area contributed by atoms with Crippen LogP contribution in [0.2, 0.25) is 0 Å². The Morgan fingerprint density at radius 2 is 1.93 bits per heavy atom. The van der Waals surface area contributed by atoms with E-state index in [4.69, 9.17) is 0 Å². The number of aromatic nitrogens is 4. The van der Waals surface area contributed by atoms with Gasteiger partial charge in [0.2, 0.25) is 5.95 Å². The van der Waals surface area contributed by atoms with E-state index in [9.17, 15) is 9.00 Å². The van der Waals surface area contributed by atoms with Crippen molar-refractivity contribution in [2.45, 2.75) is 36.5 Å². The van der Waals surface area contributed by atoms with Gasteiger partial charge in [-0.15, -0.1) is 0 Å². The van der Waals surface area contributed by atoms with Crippen molar-refractivity contribution in [3.63, 3.8) is 0 Å². The largest absolute Gasteiger partial charge is 0.345 e. The van der Waals surface area contributed by atoms with Crippen molar-refractivity contribution in [3.8, 4) is 0 Å². The number of amides is 1. The van der Waals surface area contributed by atoms with E-state index in [2.05, 4.69) is 25.3 Å². The van der Waals surface area contributed by atoms with Gasteiger partial charge in [-0.1, -0.05) is 0 Å². The first kappa shape index (κ1) is 18.0. The Balaban J connectivity index is 1.43. The zero-order valence-electron chi connectivity index (χ0n) is 15.2. The maximum atomic E-state index is 12.7. The van der Waals surface area contributed by atoms with Gasteiger partial charge in [-0.05, 0) is 25.7 Å². The van der Waals surface area contributed by atoms with Crippen LogP contribution in [0.3, 0.4) is 0 Å². The highest BCUT2D eigenvalue weighted by Crippen LogP contribution is 2.47. The number of carbonyl (C=O) groups is 1. The Morgan fingerprint density at radius 3 is 2.56 bits per heavy atom. The second-order valence-corrected chi connectivity index (χ2v) is 8.81. The number of piperidine rings is 1. The zero-order chi connectivity index (χ0) is 18.9. The van der Waals surface area contributed by atoms with E-state index in [0.29, 0.717) is 24.6 Å². The maximum absolute atomic E-state index is 12.7. The number of hydrogen-bond acceptors (Lipinski definition) is 7. The molecule has 1 saturated carbocycles. The average Bonchev–Trinajstić information content (AvgIpc) is 3.49. The lowest BCUT2D eigenvalue weighted by molar-refractivity contribution is 0.0727. The molecule has 27 heavy (non-hydrogen) atoms. The van der Waals surface area contributed by atoms with Crippen LogP contribution in [0.15, 0.2) is 31.1 Å². The highest BCUT2D eigenvalue weighted by atomic mass is 32.2. The van der Waals surface area contributed by atoms with Crippen LogP contribution in [0.5, 0.6) is 0 Å². The van der Waals surface area contributed by atoms with Crippen molar-refractivity contribution in [1.82, 2.24) is 24.8 Å². The van der Waals surface area contributed by atoms with Crippen molar-refractivity contribution in [2.75, 3.05) is 24.7 Å². The van der Waals surface area contributed by atoms with Gasteiger partial charge in [0.05, 0.1) is 16.4 Å². The summed E-state index contributed by atoms with van der Waals surface area (Å²) < 4.78 is 11.7. The second kappa shape index (κ2) is 7.30. The van der Waals surface area contributed by atoms with E-state index in [0.717, 1.165) is 31.2 Å². The molecule has 3 heterocycles. The molecule has 2 aliphatic rings. The molecule has 8 nitrogen and oxygen atoms in total. The summed E-state index contributed by atoms with van der Waals surface area (Å²) in [5.74, 6) is 0.383. The first-order chi connectivity index (χ1) is 13.1. The molecule has 9 heteroatoms. The molecule has 2 atom stereocenters. The number of nitrogens with zero attached hydrogens (tertiary/aromatic N) is 5. The number of likely N-dealkylation sites (tertiary alicyclic amines) is 1. The molecule has 2 unspecified atom stereocenters. The molecule has 0 radical (unpaired) electrons. The fourth-order valence-electron chi connectivity index (χ4n) is 3.45. The van der Waals surface area contributed by atoms with E-state index in [1.165, 1.54) is 6.33 Å². The van der Waals surface area contributed by atoms with E-state index in [1.807, 2.05) is 0 Å². The molecule has 1 amide bonds. The minimum absolute atomic E-state index is 0.0485. The summed E-state index contributed by atoms with van der Waals surface area (Å²) in [6.07, 6.45) is 13.6. The first-order valence-electron chi connectivity index (χ1n) is 9.05. The Bertz CT molecular complexity index is 841.